The lowest BCUT2D eigenvalue weighted by Gasteiger charge is -2.17. The molecule has 0 bridgehead atoms. The van der Waals surface area contributed by atoms with Crippen molar-refractivity contribution in [3.8, 4) is 17.2 Å². The SMILES string of the molecule is CCOc1cc(C(=O)NCCn2ncc3c(NCCOC)ncnc32)cc(OCC)c1OCC. The van der Waals surface area contributed by atoms with Crippen molar-refractivity contribution in [2.75, 3.05) is 51.9 Å². The molecule has 11 nitrogen and oxygen atoms in total. The Labute approximate surface area is 198 Å². The van der Waals surface area contributed by atoms with E-state index in [1.807, 2.05) is 20.8 Å². The van der Waals surface area contributed by atoms with Crippen LogP contribution in [-0.2, 0) is 11.3 Å². The smallest absolute Gasteiger partial charge is 0.251 e. The van der Waals surface area contributed by atoms with E-state index in [0.29, 0.717) is 80.3 Å². The molecule has 0 aliphatic carbocycles. The highest BCUT2D eigenvalue weighted by atomic mass is 16.5. The van der Waals surface area contributed by atoms with Crippen molar-refractivity contribution in [3.63, 3.8) is 0 Å². The lowest BCUT2D eigenvalue weighted by molar-refractivity contribution is 0.0951. The van der Waals surface area contributed by atoms with E-state index < -0.39 is 0 Å². The minimum Gasteiger partial charge on any atom is -0.490 e. The normalized spacial score (nSPS) is 10.8. The third-order valence-corrected chi connectivity index (χ3v) is 4.81. The molecule has 0 aliphatic rings. The Morgan fingerprint density at radius 3 is 2.35 bits per heavy atom. The van der Waals surface area contributed by atoms with Crippen molar-refractivity contribution in [1.29, 1.82) is 0 Å². The Morgan fingerprint density at radius 2 is 1.71 bits per heavy atom. The van der Waals surface area contributed by atoms with Crippen LogP contribution in [0.5, 0.6) is 17.2 Å². The van der Waals surface area contributed by atoms with Gasteiger partial charge in [0.15, 0.2) is 17.1 Å². The van der Waals surface area contributed by atoms with Gasteiger partial charge in [-0.2, -0.15) is 5.10 Å². The fraction of sp³-hybridized carbons (Fsp3) is 0.478. The first-order valence-corrected chi connectivity index (χ1v) is 11.4. The standard InChI is InChI=1S/C23H32N6O5/c1-5-32-18-12-16(13-19(33-6-2)20(18)34-7-3)23(30)25-8-10-29-22-17(14-28-29)21(26-15-27-22)24-9-11-31-4/h12-15H,5-11H2,1-4H3,(H,25,30)(H,24,26,27). The molecule has 0 saturated heterocycles. The van der Waals surface area contributed by atoms with E-state index in [1.165, 1.54) is 6.33 Å². The second kappa shape index (κ2) is 12.6. The first-order chi connectivity index (χ1) is 16.6. The topological polar surface area (TPSA) is 122 Å². The van der Waals surface area contributed by atoms with Crippen molar-refractivity contribution in [3.05, 3.63) is 30.2 Å². The van der Waals surface area contributed by atoms with Gasteiger partial charge < -0.3 is 29.6 Å². The Balaban J connectivity index is 1.70. The van der Waals surface area contributed by atoms with Crippen LogP contribution < -0.4 is 24.8 Å². The van der Waals surface area contributed by atoms with E-state index in [4.69, 9.17) is 18.9 Å². The average Bonchev–Trinajstić information content (AvgIpc) is 3.25. The molecule has 0 unspecified atom stereocenters. The fourth-order valence-electron chi connectivity index (χ4n) is 3.37. The second-order valence-corrected chi connectivity index (χ2v) is 7.10. The van der Waals surface area contributed by atoms with E-state index in [9.17, 15) is 4.79 Å². The summed E-state index contributed by atoms with van der Waals surface area (Å²) in [7, 11) is 1.65. The van der Waals surface area contributed by atoms with E-state index in [2.05, 4.69) is 25.7 Å². The van der Waals surface area contributed by atoms with Gasteiger partial charge in [-0.15, -0.1) is 0 Å². The fourth-order valence-corrected chi connectivity index (χ4v) is 3.37. The van der Waals surface area contributed by atoms with Crippen molar-refractivity contribution in [2.45, 2.75) is 27.3 Å². The number of hydrogen-bond acceptors (Lipinski definition) is 9. The molecule has 1 aromatic carbocycles. The van der Waals surface area contributed by atoms with Gasteiger partial charge in [-0.1, -0.05) is 0 Å². The van der Waals surface area contributed by atoms with Gasteiger partial charge in [0, 0.05) is 25.8 Å². The molecule has 0 fully saturated rings. The van der Waals surface area contributed by atoms with Crippen molar-refractivity contribution < 1.29 is 23.7 Å². The molecule has 3 aromatic rings. The molecule has 184 valence electrons. The van der Waals surface area contributed by atoms with Gasteiger partial charge in [-0.25, -0.2) is 14.6 Å². The van der Waals surface area contributed by atoms with Gasteiger partial charge in [0.05, 0.1) is 44.6 Å². The number of anilines is 1. The number of aromatic nitrogens is 4. The first-order valence-electron chi connectivity index (χ1n) is 11.4. The number of amides is 1. The van der Waals surface area contributed by atoms with Crippen LogP contribution in [0, 0.1) is 0 Å². The largest absolute Gasteiger partial charge is 0.490 e. The van der Waals surface area contributed by atoms with Gasteiger partial charge in [0.25, 0.3) is 5.91 Å². The summed E-state index contributed by atoms with van der Waals surface area (Å²) in [4.78, 5) is 21.5. The average molecular weight is 473 g/mol. The highest BCUT2D eigenvalue weighted by Gasteiger charge is 2.18. The van der Waals surface area contributed by atoms with E-state index in [-0.39, 0.29) is 5.91 Å². The zero-order valence-electron chi connectivity index (χ0n) is 20.1. The van der Waals surface area contributed by atoms with Crippen molar-refractivity contribution >= 4 is 22.8 Å². The summed E-state index contributed by atoms with van der Waals surface area (Å²) < 4.78 is 23.9. The number of rotatable bonds is 14. The maximum atomic E-state index is 12.9. The maximum absolute atomic E-state index is 12.9. The van der Waals surface area contributed by atoms with Crippen LogP contribution in [-0.4, -0.2) is 72.3 Å². The zero-order chi connectivity index (χ0) is 24.3. The number of ether oxygens (including phenoxy) is 4. The summed E-state index contributed by atoms with van der Waals surface area (Å²) in [5, 5.41) is 11.3. The predicted molar refractivity (Wildman–Crippen MR) is 128 cm³/mol. The number of nitrogens with zero attached hydrogens (tertiary/aromatic N) is 4. The Hall–Kier alpha value is -3.60. The van der Waals surface area contributed by atoms with Gasteiger partial charge in [-0.05, 0) is 32.9 Å². The number of nitrogens with one attached hydrogen (secondary N) is 2. The lowest BCUT2D eigenvalue weighted by atomic mass is 10.1. The molecule has 2 aromatic heterocycles. The lowest BCUT2D eigenvalue weighted by Crippen LogP contribution is -2.27. The number of benzene rings is 1. The summed E-state index contributed by atoms with van der Waals surface area (Å²) in [5.41, 5.74) is 1.11. The molecule has 11 heteroatoms. The van der Waals surface area contributed by atoms with Crippen LogP contribution in [0.25, 0.3) is 11.0 Å². The van der Waals surface area contributed by atoms with E-state index >= 15 is 0 Å². The Kier molecular flexibility index (Phi) is 9.27. The molecule has 3 rings (SSSR count). The van der Waals surface area contributed by atoms with Crippen LogP contribution in [0.4, 0.5) is 5.82 Å². The molecule has 2 N–H and O–H groups in total. The van der Waals surface area contributed by atoms with Crippen LogP contribution in [0.1, 0.15) is 31.1 Å². The van der Waals surface area contributed by atoms with Crippen molar-refractivity contribution in [1.82, 2.24) is 25.1 Å². The molecule has 0 saturated carbocycles. The third-order valence-electron chi connectivity index (χ3n) is 4.81. The van der Waals surface area contributed by atoms with Crippen LogP contribution in [0.2, 0.25) is 0 Å². The van der Waals surface area contributed by atoms with Gasteiger partial charge in [-0.3, -0.25) is 4.79 Å². The highest BCUT2D eigenvalue weighted by molar-refractivity contribution is 5.95. The molecule has 0 radical (unpaired) electrons. The molecule has 0 spiro atoms. The van der Waals surface area contributed by atoms with Crippen LogP contribution >= 0.6 is 0 Å². The minimum atomic E-state index is -0.252. The number of carbonyl (C=O) groups is 1. The van der Waals surface area contributed by atoms with Gasteiger partial charge in [0.1, 0.15) is 12.1 Å². The molecular weight excluding hydrogens is 440 g/mol. The predicted octanol–water partition coefficient (Wildman–Crippen LogP) is 2.51. The molecule has 1 amide bonds. The first kappa shape index (κ1) is 25.0. The van der Waals surface area contributed by atoms with Gasteiger partial charge in [0.2, 0.25) is 5.75 Å². The summed E-state index contributed by atoms with van der Waals surface area (Å²) in [6.07, 6.45) is 3.19. The minimum absolute atomic E-state index is 0.252. The quantitative estimate of drug-likeness (QED) is 0.341. The third kappa shape index (κ3) is 6.04. The number of carbonyl (C=O) groups excluding carboxylic acids is 1. The van der Waals surface area contributed by atoms with Gasteiger partial charge >= 0.3 is 0 Å². The number of fused-ring (bicyclic) bond motifs is 1. The molecule has 0 aliphatic heterocycles. The van der Waals surface area contributed by atoms with Crippen molar-refractivity contribution in [2.24, 2.45) is 0 Å². The Morgan fingerprint density at radius 1 is 1.00 bits per heavy atom. The highest BCUT2D eigenvalue weighted by Crippen LogP contribution is 2.39. The molecule has 34 heavy (non-hydrogen) atoms. The van der Waals surface area contributed by atoms with E-state index in [1.54, 1.807) is 30.1 Å². The monoisotopic (exact) mass is 472 g/mol. The summed E-state index contributed by atoms with van der Waals surface area (Å²) in [5.74, 6) is 1.89. The van der Waals surface area contributed by atoms with Crippen LogP contribution in [0.15, 0.2) is 24.7 Å². The zero-order valence-corrected chi connectivity index (χ0v) is 20.1. The summed E-state index contributed by atoms with van der Waals surface area (Å²) in [6, 6.07) is 3.34. The maximum Gasteiger partial charge on any atom is 0.251 e. The number of methoxy groups -OCH3 is 1. The Bertz CT molecular complexity index is 1060. The van der Waals surface area contributed by atoms with E-state index in [0.717, 1.165) is 5.39 Å². The summed E-state index contributed by atoms with van der Waals surface area (Å²) >= 11 is 0. The number of hydrogen-bond donors (Lipinski definition) is 2. The molecule has 0 atom stereocenters. The molecular formula is C23H32N6O5. The van der Waals surface area contributed by atoms with Crippen LogP contribution in [0.3, 0.4) is 0 Å². The summed E-state index contributed by atoms with van der Waals surface area (Å²) in [6.45, 7) is 8.95. The molecule has 2 heterocycles. The second-order valence-electron chi connectivity index (χ2n) is 7.10.